The van der Waals surface area contributed by atoms with E-state index in [2.05, 4.69) is 47.5 Å². The van der Waals surface area contributed by atoms with Gasteiger partial charge in [0.15, 0.2) is 5.96 Å². The molecule has 462 valence electrons. The molecule has 10 atom stereocenters. The lowest BCUT2D eigenvalue weighted by molar-refractivity contribution is -0.149. The molecule has 1 fully saturated rings. The van der Waals surface area contributed by atoms with Crippen LogP contribution in [0.3, 0.4) is 0 Å². The maximum atomic E-state index is 13.9. The molecule has 1 aliphatic rings. The molecule has 1 aliphatic heterocycles. The van der Waals surface area contributed by atoms with Crippen molar-refractivity contribution in [1.29, 1.82) is 0 Å². The van der Waals surface area contributed by atoms with Gasteiger partial charge in [0.25, 0.3) is 0 Å². The molecule has 83 heavy (non-hydrogen) atoms. The summed E-state index contributed by atoms with van der Waals surface area (Å²) in [6.45, 7) is 3.95. The van der Waals surface area contributed by atoms with Crippen molar-refractivity contribution in [3.8, 4) is 0 Å². The summed E-state index contributed by atoms with van der Waals surface area (Å²) in [6.07, 6.45) is -3.12. The number of nitrogens with two attached hydrogens (primary N) is 3. The fourth-order valence-electron chi connectivity index (χ4n) is 8.40. The van der Waals surface area contributed by atoms with Gasteiger partial charge in [-0.3, -0.25) is 62.5 Å². The van der Waals surface area contributed by atoms with Gasteiger partial charge in [-0.25, -0.2) is 4.79 Å². The van der Waals surface area contributed by atoms with Gasteiger partial charge in [0.1, 0.15) is 48.3 Å². The molecule has 1 aromatic rings. The number of nitrogens with zero attached hydrogens (tertiary/aromatic N) is 2. The van der Waals surface area contributed by atoms with Crippen molar-refractivity contribution in [3.05, 3.63) is 35.9 Å². The van der Waals surface area contributed by atoms with Crippen LogP contribution in [0.5, 0.6) is 0 Å². The largest absolute Gasteiger partial charge is 0.481 e. The first-order valence-electron chi connectivity index (χ1n) is 26.6. The second-order valence-corrected chi connectivity index (χ2v) is 21.0. The zero-order valence-electron chi connectivity index (χ0n) is 46.6. The summed E-state index contributed by atoms with van der Waals surface area (Å²) in [6, 6.07) is -5.46. The van der Waals surface area contributed by atoms with Crippen LogP contribution in [-0.2, 0) is 68.7 Å². The summed E-state index contributed by atoms with van der Waals surface area (Å²) in [7, 11) is 0. The molecule has 0 bridgehead atoms. The predicted octanol–water partition coefficient (Wildman–Crippen LogP) is -4.42. The number of hydrogen-bond acceptors (Lipinski definition) is 17. The molecule has 0 saturated carbocycles. The number of aliphatic hydroxyl groups excluding tert-OH is 1. The Morgan fingerprint density at radius 2 is 1.18 bits per heavy atom. The summed E-state index contributed by atoms with van der Waals surface area (Å²) >= 11 is 1.19. The molecule has 31 nitrogen and oxygen atoms in total. The van der Waals surface area contributed by atoms with Crippen LogP contribution in [0, 0.1) is 5.92 Å². The van der Waals surface area contributed by atoms with Crippen molar-refractivity contribution >= 4 is 94.8 Å². The highest BCUT2D eigenvalue weighted by molar-refractivity contribution is 7.98. The van der Waals surface area contributed by atoms with Crippen LogP contribution in [0.25, 0.3) is 0 Å². The first-order chi connectivity index (χ1) is 39.0. The number of nitrogens with one attached hydrogen (secondary N) is 8. The van der Waals surface area contributed by atoms with Crippen LogP contribution in [0.15, 0.2) is 35.3 Å². The lowest BCUT2D eigenvalue weighted by atomic mass is 10.0. The topological polar surface area (TPSA) is 513 Å². The Kier molecular flexibility index (Phi) is 31.1. The number of hydrogen-bond donors (Lipinski definition) is 16. The minimum Gasteiger partial charge on any atom is -0.481 e. The van der Waals surface area contributed by atoms with E-state index in [1.165, 1.54) is 11.8 Å². The Labute approximate surface area is 482 Å². The molecule has 0 radical (unpaired) electrons. The molecule has 0 spiro atoms. The molecular formula is C51H79N13O18S. The minimum absolute atomic E-state index is 0.0134. The van der Waals surface area contributed by atoms with E-state index in [1.807, 2.05) is 0 Å². The molecule has 2 rings (SSSR count). The summed E-state index contributed by atoms with van der Waals surface area (Å²) in [4.78, 5) is 175. The third-order valence-corrected chi connectivity index (χ3v) is 13.3. The first-order valence-corrected chi connectivity index (χ1v) is 28.0. The molecule has 0 aromatic heterocycles. The number of carbonyl (C=O) groups is 13. The second kappa shape index (κ2) is 36.4. The van der Waals surface area contributed by atoms with E-state index in [4.69, 9.17) is 17.2 Å². The Morgan fingerprint density at radius 3 is 1.71 bits per heavy atom. The van der Waals surface area contributed by atoms with Crippen LogP contribution in [0.4, 0.5) is 0 Å². The first kappa shape index (κ1) is 71.0. The van der Waals surface area contributed by atoms with E-state index in [9.17, 15) is 87.9 Å². The molecule has 1 aromatic carbocycles. The number of benzene rings is 1. The number of carboxylic acid groups (broad SMARTS) is 4. The van der Waals surface area contributed by atoms with Crippen molar-refractivity contribution in [2.24, 2.45) is 28.1 Å². The molecule has 0 aliphatic carbocycles. The van der Waals surface area contributed by atoms with E-state index in [-0.39, 0.29) is 62.8 Å². The van der Waals surface area contributed by atoms with Crippen molar-refractivity contribution in [2.75, 3.05) is 31.6 Å². The Balaban J connectivity index is 2.32. The van der Waals surface area contributed by atoms with Crippen molar-refractivity contribution < 1.29 is 87.9 Å². The molecule has 19 N–H and O–H groups in total. The highest BCUT2D eigenvalue weighted by Crippen LogP contribution is 2.20. The molecule has 0 unspecified atom stereocenters. The number of carbonyl (C=O) groups excluding carboxylic acids is 9. The zero-order chi connectivity index (χ0) is 62.5. The van der Waals surface area contributed by atoms with Crippen molar-refractivity contribution in [1.82, 2.24) is 47.4 Å². The van der Waals surface area contributed by atoms with Gasteiger partial charge in [-0.1, -0.05) is 44.2 Å². The molecule has 1 heterocycles. The molecular weight excluding hydrogens is 1110 g/mol. The van der Waals surface area contributed by atoms with Crippen LogP contribution in [0.1, 0.15) is 97.0 Å². The van der Waals surface area contributed by atoms with Gasteiger partial charge in [0.2, 0.25) is 53.2 Å². The normalized spacial score (nSPS) is 16.1. The molecule has 1 saturated heterocycles. The Bertz CT molecular complexity index is 2470. The van der Waals surface area contributed by atoms with Gasteiger partial charge in [0.05, 0.1) is 25.1 Å². The standard InChI is InChI=1S/C51H79N13O18S/c1-26(2)22-33(61-42(73)29(52)12-8-19-55-51(53)54)46(77)59-31(15-17-39(69)70)45(76)63-41(27(3)65)48(79)62-34(24-40(71)72)47(78)60-32(18-21-83-4)44(75)58-30(14-16-38(67)68)43(74)56-25-37(66)57-35(23-28-10-6-5-7-11-28)49(80)64-20-9-13-36(64)50(81)82/h5-7,10-11,26-27,29-36,41,65H,8-9,12-25,52H2,1-4H3,(H,56,74)(H,57,66)(H,58,75)(H,59,77)(H,60,78)(H,61,73)(H,62,79)(H,63,76)(H,67,68)(H,69,70)(H,71,72)(H,81,82)(H4,53,54,55)/t27-,29+,30+,31+,32+,33+,34+,35+,36+,41+/m1/s1. The van der Waals surface area contributed by atoms with Crippen LogP contribution in [-0.4, -0.2) is 206 Å². The number of rotatable bonds is 38. The lowest BCUT2D eigenvalue weighted by Crippen LogP contribution is -2.62. The number of likely N-dealkylation sites (tertiary alicyclic amines) is 1. The number of carboxylic acids is 4. The smallest absolute Gasteiger partial charge is 0.326 e. The predicted molar refractivity (Wildman–Crippen MR) is 297 cm³/mol. The SMILES string of the molecule is CSCC[C@H](NC(=O)[C@H](CC(=O)O)NC(=O)[C@@H](NC(=O)[C@H](CCC(=O)O)NC(=O)[C@H](CC(C)C)NC(=O)[C@@H](N)CCCN=C(N)N)[C@@H](C)O)C(=O)N[C@@H](CCC(=O)O)C(=O)NCC(=O)N[C@@H](Cc1ccccc1)C(=O)N1CCC[C@H]1C(=O)O. The monoisotopic (exact) mass is 1190 g/mol. The van der Waals surface area contributed by atoms with Crippen molar-refractivity contribution in [2.45, 2.75) is 158 Å². The maximum Gasteiger partial charge on any atom is 0.326 e. The summed E-state index contributed by atoms with van der Waals surface area (Å²) in [5.41, 5.74) is 17.3. The van der Waals surface area contributed by atoms with E-state index in [1.54, 1.807) is 50.4 Å². The summed E-state index contributed by atoms with van der Waals surface area (Å²) < 4.78 is 0. The number of aliphatic carboxylic acids is 4. The number of guanidine groups is 1. The number of aliphatic hydroxyl groups is 1. The molecule has 9 amide bonds. The van der Waals surface area contributed by atoms with E-state index in [0.717, 1.165) is 11.8 Å². The lowest BCUT2D eigenvalue weighted by Gasteiger charge is -2.28. The van der Waals surface area contributed by atoms with Crippen LogP contribution >= 0.6 is 11.8 Å². The fraction of sp³-hybridized carbons (Fsp3) is 0.608. The Morgan fingerprint density at radius 1 is 0.651 bits per heavy atom. The number of amides is 9. The highest BCUT2D eigenvalue weighted by Gasteiger charge is 2.39. The number of aliphatic imine (C=N–C) groups is 1. The van der Waals surface area contributed by atoms with E-state index < -0.39 is 176 Å². The van der Waals surface area contributed by atoms with Gasteiger partial charge in [-0.15, -0.1) is 0 Å². The quantitative estimate of drug-likeness (QED) is 0.0169. The highest BCUT2D eigenvalue weighted by atomic mass is 32.2. The van der Waals surface area contributed by atoms with E-state index in [0.29, 0.717) is 18.4 Å². The van der Waals surface area contributed by atoms with Gasteiger partial charge in [0, 0.05) is 32.4 Å². The van der Waals surface area contributed by atoms with E-state index >= 15 is 0 Å². The second-order valence-electron chi connectivity index (χ2n) is 20.0. The van der Waals surface area contributed by atoms with Crippen LogP contribution < -0.4 is 59.7 Å². The van der Waals surface area contributed by atoms with Gasteiger partial charge in [-0.2, -0.15) is 11.8 Å². The third kappa shape index (κ3) is 26.6. The maximum absolute atomic E-state index is 13.9. The summed E-state index contributed by atoms with van der Waals surface area (Å²) in [5.74, 6) is -15.3. The van der Waals surface area contributed by atoms with Gasteiger partial charge >= 0.3 is 23.9 Å². The summed E-state index contributed by atoms with van der Waals surface area (Å²) in [5, 5.41) is 67.8. The average Bonchev–Trinajstić information content (AvgIpc) is 4.09. The van der Waals surface area contributed by atoms with Crippen LogP contribution in [0.2, 0.25) is 0 Å². The average molecular weight is 1190 g/mol. The Hall–Kier alpha value is -8.13. The fourth-order valence-corrected chi connectivity index (χ4v) is 8.88. The zero-order valence-corrected chi connectivity index (χ0v) is 47.4. The third-order valence-electron chi connectivity index (χ3n) is 12.7. The van der Waals surface area contributed by atoms with Gasteiger partial charge in [-0.05, 0) is 81.8 Å². The minimum atomic E-state index is -2.05. The van der Waals surface area contributed by atoms with Crippen molar-refractivity contribution in [3.63, 3.8) is 0 Å². The molecule has 32 heteroatoms. The number of thioether (sulfide) groups is 1. The van der Waals surface area contributed by atoms with Gasteiger partial charge < -0.3 is 90.2 Å².